The minimum absolute atomic E-state index is 0.0161. The maximum atomic E-state index is 12.6. The molecule has 6 aromatic rings. The number of carbonyl (C=O) groups is 1. The van der Waals surface area contributed by atoms with Crippen molar-refractivity contribution in [1.82, 2.24) is 29.5 Å². The molecule has 6 rings (SSSR count). The standard InChI is InChI=1S/C17H11F3N6O.C17H11F3N4O/c18-17(19,20)13-5-7-14(8-6-13)26-10-22-16(24-26)12-3-1-11(2-4-12)9-15(27)23-25-21;18-17(19,20)14-5-7-15(8-6-14)24-10-22-16(23-24)13-3-1-12(2-4-13)9-21-11-25/h1-8,10H,9H2;1-8,10H,9H2. The molecule has 1 amide bonds. The Kier molecular flexibility index (Phi) is 11.0. The number of hydrogen-bond donors (Lipinski definition) is 0. The summed E-state index contributed by atoms with van der Waals surface area (Å²) in [6.45, 7) is 0.247. The maximum absolute atomic E-state index is 12.6. The second kappa shape index (κ2) is 15.8. The Morgan fingerprint density at radius 2 is 1.10 bits per heavy atom. The van der Waals surface area contributed by atoms with Crippen LogP contribution in [0.1, 0.15) is 22.3 Å². The van der Waals surface area contributed by atoms with Gasteiger partial charge in [0.25, 0.3) is 0 Å². The average Bonchev–Trinajstić information content (AvgIpc) is 3.83. The number of isocyanates is 1. The van der Waals surface area contributed by atoms with Crippen molar-refractivity contribution in [2.45, 2.75) is 25.3 Å². The van der Waals surface area contributed by atoms with Crippen molar-refractivity contribution < 1.29 is 35.9 Å². The normalized spacial score (nSPS) is 11.1. The molecule has 0 unspecified atom stereocenters. The van der Waals surface area contributed by atoms with Crippen LogP contribution in [0.2, 0.25) is 0 Å². The van der Waals surface area contributed by atoms with Gasteiger partial charge in [-0.15, -0.1) is 10.2 Å². The molecule has 2 heterocycles. The van der Waals surface area contributed by atoms with Crippen molar-refractivity contribution in [3.63, 3.8) is 0 Å². The summed E-state index contributed by atoms with van der Waals surface area (Å²) in [5.74, 6) is 0.225. The van der Waals surface area contributed by atoms with Crippen molar-refractivity contribution >= 4 is 12.0 Å². The van der Waals surface area contributed by atoms with Gasteiger partial charge >= 0.3 is 12.4 Å². The van der Waals surface area contributed by atoms with E-state index in [4.69, 9.17) is 5.53 Å². The summed E-state index contributed by atoms with van der Waals surface area (Å²) in [4.78, 5) is 35.6. The first-order chi connectivity index (χ1) is 24.8. The van der Waals surface area contributed by atoms with E-state index in [1.807, 2.05) is 0 Å². The summed E-state index contributed by atoms with van der Waals surface area (Å²) in [6, 6.07) is 23.1. The van der Waals surface area contributed by atoms with Crippen LogP contribution in [-0.4, -0.2) is 41.5 Å². The molecular formula is C34H22F6N10O2. The van der Waals surface area contributed by atoms with Gasteiger partial charge in [0, 0.05) is 22.5 Å². The van der Waals surface area contributed by atoms with E-state index in [9.17, 15) is 35.9 Å². The quantitative estimate of drug-likeness (QED) is 0.0387. The minimum Gasteiger partial charge on any atom is -0.292 e. The minimum atomic E-state index is -4.40. The zero-order valence-electron chi connectivity index (χ0n) is 26.4. The van der Waals surface area contributed by atoms with Gasteiger partial charge in [0.05, 0.1) is 29.0 Å². The molecule has 52 heavy (non-hydrogen) atoms. The molecule has 0 radical (unpaired) electrons. The lowest BCUT2D eigenvalue weighted by Crippen LogP contribution is -2.05. The number of nitrogens with zero attached hydrogens (tertiary/aromatic N) is 10. The van der Waals surface area contributed by atoms with Crippen molar-refractivity contribution in [1.29, 1.82) is 0 Å². The molecule has 0 N–H and O–H groups in total. The lowest BCUT2D eigenvalue weighted by molar-refractivity contribution is -0.138. The van der Waals surface area contributed by atoms with Gasteiger partial charge in [-0.2, -0.15) is 26.3 Å². The number of alkyl halides is 6. The molecule has 12 nitrogen and oxygen atoms in total. The molecule has 0 saturated carbocycles. The molecule has 0 aliphatic carbocycles. The van der Waals surface area contributed by atoms with Crippen LogP contribution in [0.3, 0.4) is 0 Å². The SMILES string of the molecule is O=C=NCc1ccc(-c2ncn(-c3ccc(C(F)(F)F)cc3)n2)cc1.[N-]=[N+]=NC(=O)Cc1ccc(-c2ncn(-c3ccc(C(F)(F)F)cc3)n2)cc1. The molecule has 0 atom stereocenters. The fraction of sp³-hybridized carbons (Fsp3) is 0.118. The lowest BCUT2D eigenvalue weighted by atomic mass is 10.1. The van der Waals surface area contributed by atoms with Gasteiger partial charge in [-0.25, -0.2) is 29.1 Å². The van der Waals surface area contributed by atoms with E-state index in [1.54, 1.807) is 48.5 Å². The van der Waals surface area contributed by atoms with E-state index >= 15 is 0 Å². The molecule has 0 aliphatic heterocycles. The Bertz CT molecular complexity index is 2230. The third kappa shape index (κ3) is 9.41. The summed E-state index contributed by atoms with van der Waals surface area (Å²) in [5.41, 5.74) is 10.6. The van der Waals surface area contributed by atoms with Gasteiger partial charge in [-0.1, -0.05) is 48.5 Å². The number of benzene rings is 4. The molecule has 0 bridgehead atoms. The Labute approximate surface area is 289 Å². The number of aliphatic imine (C=N–C) groups is 1. The van der Waals surface area contributed by atoms with Crippen molar-refractivity contribution in [3.05, 3.63) is 142 Å². The predicted octanol–water partition coefficient (Wildman–Crippen LogP) is 8.12. The third-order valence-electron chi connectivity index (χ3n) is 7.16. The highest BCUT2D eigenvalue weighted by atomic mass is 19.4. The number of carbonyl (C=O) groups excluding carboxylic acids is 2. The highest BCUT2D eigenvalue weighted by Gasteiger charge is 2.31. The van der Waals surface area contributed by atoms with Gasteiger partial charge < -0.3 is 0 Å². The number of azide groups is 1. The van der Waals surface area contributed by atoms with E-state index in [1.165, 1.54) is 52.4 Å². The average molecular weight is 717 g/mol. The number of amides is 1. The second-order valence-electron chi connectivity index (χ2n) is 10.7. The number of halogens is 6. The van der Waals surface area contributed by atoms with Gasteiger partial charge in [0.2, 0.25) is 12.0 Å². The summed E-state index contributed by atoms with van der Waals surface area (Å²) in [7, 11) is 0. The first-order valence-corrected chi connectivity index (χ1v) is 14.8. The highest BCUT2D eigenvalue weighted by molar-refractivity contribution is 5.79. The topological polar surface area (TPSA) is 157 Å². The highest BCUT2D eigenvalue weighted by Crippen LogP contribution is 2.31. The van der Waals surface area contributed by atoms with Crippen LogP contribution >= 0.6 is 0 Å². The Morgan fingerprint density at radius 1 is 0.673 bits per heavy atom. The molecular weight excluding hydrogens is 694 g/mol. The van der Waals surface area contributed by atoms with Crippen LogP contribution in [-0.2, 0) is 34.9 Å². The van der Waals surface area contributed by atoms with Gasteiger partial charge in [-0.3, -0.25) is 4.79 Å². The zero-order valence-corrected chi connectivity index (χ0v) is 26.4. The van der Waals surface area contributed by atoms with Crippen LogP contribution in [0, 0.1) is 0 Å². The lowest BCUT2D eigenvalue weighted by Gasteiger charge is -2.07. The maximum Gasteiger partial charge on any atom is 0.416 e. The number of rotatable bonds is 8. The first kappa shape index (κ1) is 36.4. The molecule has 0 saturated heterocycles. The second-order valence-corrected chi connectivity index (χ2v) is 10.7. The molecule has 2 aromatic heterocycles. The van der Waals surface area contributed by atoms with E-state index < -0.39 is 29.4 Å². The summed E-state index contributed by atoms with van der Waals surface area (Å²) in [5, 5.41) is 11.5. The van der Waals surface area contributed by atoms with E-state index in [-0.39, 0.29) is 13.0 Å². The van der Waals surface area contributed by atoms with Crippen molar-refractivity contribution in [3.8, 4) is 34.2 Å². The molecule has 0 spiro atoms. The molecule has 0 aliphatic rings. The Balaban J connectivity index is 0.000000202. The number of aromatic nitrogens is 6. The van der Waals surface area contributed by atoms with Gasteiger partial charge in [0.15, 0.2) is 11.6 Å². The predicted molar refractivity (Wildman–Crippen MR) is 173 cm³/mol. The summed E-state index contributed by atoms with van der Waals surface area (Å²) < 4.78 is 78.4. The summed E-state index contributed by atoms with van der Waals surface area (Å²) >= 11 is 0. The monoisotopic (exact) mass is 716 g/mol. The molecule has 4 aromatic carbocycles. The zero-order chi connectivity index (χ0) is 37.3. The van der Waals surface area contributed by atoms with E-state index in [0.717, 1.165) is 35.4 Å². The van der Waals surface area contributed by atoms with E-state index in [0.29, 0.717) is 34.2 Å². The summed E-state index contributed by atoms with van der Waals surface area (Å²) in [6.07, 6.45) is -4.48. The fourth-order valence-electron chi connectivity index (χ4n) is 4.56. The van der Waals surface area contributed by atoms with Crippen molar-refractivity contribution in [2.75, 3.05) is 0 Å². The fourth-order valence-corrected chi connectivity index (χ4v) is 4.56. The third-order valence-corrected chi connectivity index (χ3v) is 7.16. The molecule has 0 fully saturated rings. The van der Waals surface area contributed by atoms with Crippen LogP contribution < -0.4 is 0 Å². The number of hydrogen-bond acceptors (Lipinski definition) is 7. The molecule has 262 valence electrons. The largest absolute Gasteiger partial charge is 0.416 e. The van der Waals surface area contributed by atoms with Crippen LogP contribution in [0.5, 0.6) is 0 Å². The molecule has 18 heteroatoms. The smallest absolute Gasteiger partial charge is 0.292 e. The van der Waals surface area contributed by atoms with Gasteiger partial charge in [0.1, 0.15) is 12.7 Å². The van der Waals surface area contributed by atoms with Crippen LogP contribution in [0.4, 0.5) is 26.3 Å². The van der Waals surface area contributed by atoms with E-state index in [2.05, 4.69) is 35.2 Å². The first-order valence-electron chi connectivity index (χ1n) is 14.8. The van der Waals surface area contributed by atoms with Crippen LogP contribution in [0.15, 0.2) is 120 Å². The Morgan fingerprint density at radius 3 is 1.48 bits per heavy atom. The van der Waals surface area contributed by atoms with Crippen LogP contribution in [0.25, 0.3) is 44.6 Å². The van der Waals surface area contributed by atoms with Gasteiger partial charge in [-0.05, 0) is 70.3 Å². The van der Waals surface area contributed by atoms with Crippen molar-refractivity contribution in [2.24, 2.45) is 10.1 Å². The Hall–Kier alpha value is -6.90.